The van der Waals surface area contributed by atoms with Gasteiger partial charge in [0.1, 0.15) is 0 Å². The van der Waals surface area contributed by atoms with Gasteiger partial charge in [0.2, 0.25) is 13.6 Å². The average Bonchev–Trinajstić information content (AvgIpc) is 3.35. The molecule has 9 rings (SSSR count). The third-order valence-electron chi connectivity index (χ3n) is 9.00. The molecule has 0 N–H and O–H groups in total. The van der Waals surface area contributed by atoms with E-state index in [-0.39, 0.29) is 13.6 Å². The average molecular weight is 523 g/mol. The zero-order valence-corrected chi connectivity index (χ0v) is 22.1. The van der Waals surface area contributed by atoms with Crippen LogP contribution in [-0.4, -0.2) is 13.6 Å². The number of allylic oxidation sites excluding steroid dienone is 1. The number of ether oxygens (including phenoxy) is 4. The molecule has 40 heavy (non-hydrogen) atoms. The third-order valence-corrected chi connectivity index (χ3v) is 9.00. The Kier molecular flexibility index (Phi) is 4.52. The molecule has 0 saturated heterocycles. The molecule has 1 fully saturated rings. The van der Waals surface area contributed by atoms with Gasteiger partial charge in [-0.3, -0.25) is 0 Å². The van der Waals surface area contributed by atoms with E-state index < -0.39 is 0 Å². The molecule has 2 aliphatic heterocycles. The smallest absolute Gasteiger partial charge is 0.231 e. The minimum atomic E-state index is 0.256. The molecule has 194 valence electrons. The summed E-state index contributed by atoms with van der Waals surface area (Å²) in [4.78, 5) is 0. The van der Waals surface area contributed by atoms with E-state index in [9.17, 15) is 0 Å². The second kappa shape index (κ2) is 8.15. The summed E-state index contributed by atoms with van der Waals surface area (Å²) in [6.07, 6.45) is 3.46. The van der Waals surface area contributed by atoms with Crippen molar-refractivity contribution in [1.29, 1.82) is 0 Å². The van der Waals surface area contributed by atoms with Gasteiger partial charge in [-0.25, -0.2) is 0 Å². The van der Waals surface area contributed by atoms with E-state index >= 15 is 0 Å². The second-order valence-electron chi connectivity index (χ2n) is 11.2. The van der Waals surface area contributed by atoms with Crippen molar-refractivity contribution in [2.75, 3.05) is 13.6 Å². The van der Waals surface area contributed by atoms with Crippen LogP contribution >= 0.6 is 0 Å². The fourth-order valence-corrected chi connectivity index (χ4v) is 6.88. The van der Waals surface area contributed by atoms with Gasteiger partial charge in [0.15, 0.2) is 23.0 Å². The number of benzene rings is 5. The molecule has 5 aromatic carbocycles. The van der Waals surface area contributed by atoms with Gasteiger partial charge < -0.3 is 18.9 Å². The number of hydrogen-bond acceptors (Lipinski definition) is 4. The first-order chi connectivity index (χ1) is 19.7. The first-order valence-electron chi connectivity index (χ1n) is 13.9. The van der Waals surface area contributed by atoms with Crippen molar-refractivity contribution >= 4 is 16.8 Å². The molecule has 2 heterocycles. The van der Waals surface area contributed by atoms with Crippen LogP contribution in [0.5, 0.6) is 23.0 Å². The van der Waals surface area contributed by atoms with Crippen molar-refractivity contribution in [1.82, 2.24) is 0 Å². The minimum absolute atomic E-state index is 0.256. The van der Waals surface area contributed by atoms with Crippen LogP contribution in [0.1, 0.15) is 30.4 Å². The predicted molar refractivity (Wildman–Crippen MR) is 157 cm³/mol. The molecule has 2 aliphatic carbocycles. The fraction of sp³-hybridized carbons (Fsp3) is 0.167. The van der Waals surface area contributed by atoms with Gasteiger partial charge in [-0.2, -0.15) is 0 Å². The van der Waals surface area contributed by atoms with E-state index in [0.29, 0.717) is 11.8 Å². The summed E-state index contributed by atoms with van der Waals surface area (Å²) >= 11 is 0. The van der Waals surface area contributed by atoms with Crippen molar-refractivity contribution in [3.05, 3.63) is 102 Å². The van der Waals surface area contributed by atoms with Crippen LogP contribution in [-0.2, 0) is 0 Å². The Balaban J connectivity index is 1.33. The molecule has 0 amide bonds. The highest BCUT2D eigenvalue weighted by molar-refractivity contribution is 6.06. The van der Waals surface area contributed by atoms with Gasteiger partial charge in [0.25, 0.3) is 0 Å². The van der Waals surface area contributed by atoms with Gasteiger partial charge in [0, 0.05) is 5.56 Å². The maximum absolute atomic E-state index is 6.02. The van der Waals surface area contributed by atoms with Crippen LogP contribution in [0.3, 0.4) is 0 Å². The van der Waals surface area contributed by atoms with Crippen LogP contribution in [0.25, 0.3) is 50.2 Å². The third kappa shape index (κ3) is 3.19. The van der Waals surface area contributed by atoms with Crippen molar-refractivity contribution in [2.45, 2.75) is 19.3 Å². The normalized spacial score (nSPS) is 19.3. The summed E-state index contributed by atoms with van der Waals surface area (Å²) in [6, 6.07) is 30.4. The summed E-state index contributed by atoms with van der Waals surface area (Å²) in [5.41, 5.74) is 11.2. The highest BCUT2D eigenvalue weighted by Gasteiger charge is 2.40. The molecule has 0 spiro atoms. The van der Waals surface area contributed by atoms with Crippen molar-refractivity contribution in [3.63, 3.8) is 0 Å². The molecule has 0 bridgehead atoms. The summed E-state index contributed by atoms with van der Waals surface area (Å²) in [6.45, 7) is 2.90. The minimum Gasteiger partial charge on any atom is -0.454 e. The number of fused-ring (bicyclic) bond motifs is 9. The standard InChI is InChI=1S/C36H26O4/c1-20-26-13-24(26)14-31-25(11-12-32-36(31)40-19-37-32)29-15-27(23-9-7-22(8-10-23)21-5-3-2-4-6-21)28-16-33-34(39-18-38-33)17-30(28)35(20)29/h2-12,14-17,20,26H,13,18-19H2,1H3. The van der Waals surface area contributed by atoms with Crippen LogP contribution in [0, 0.1) is 5.92 Å². The Bertz CT molecular complexity index is 1890. The van der Waals surface area contributed by atoms with Gasteiger partial charge >= 0.3 is 0 Å². The Hall–Kier alpha value is -4.70. The zero-order chi connectivity index (χ0) is 26.4. The topological polar surface area (TPSA) is 36.9 Å². The molecule has 4 aliphatic rings. The SMILES string of the molecule is CC1c2c(cc(-c3ccc(-c4ccccc4)cc3)c3cc4c(cc23)OCO4)-c2ccc3c(c2C=C2CC21)OCO3. The maximum Gasteiger partial charge on any atom is 0.231 e. The Morgan fingerprint density at radius 1 is 0.600 bits per heavy atom. The summed E-state index contributed by atoms with van der Waals surface area (Å²) in [5, 5.41) is 2.42. The van der Waals surface area contributed by atoms with Crippen molar-refractivity contribution < 1.29 is 18.9 Å². The first kappa shape index (κ1) is 22.2. The van der Waals surface area contributed by atoms with Gasteiger partial charge in [-0.05, 0) is 98.3 Å². The first-order valence-corrected chi connectivity index (χ1v) is 13.9. The van der Waals surface area contributed by atoms with Gasteiger partial charge in [0.05, 0.1) is 0 Å². The Morgan fingerprint density at radius 2 is 1.30 bits per heavy atom. The molecule has 5 aromatic rings. The highest BCUT2D eigenvalue weighted by atomic mass is 16.7. The van der Waals surface area contributed by atoms with E-state index in [1.807, 2.05) is 0 Å². The largest absolute Gasteiger partial charge is 0.454 e. The Labute approximate surface area is 232 Å². The fourth-order valence-electron chi connectivity index (χ4n) is 6.88. The molecule has 0 radical (unpaired) electrons. The zero-order valence-electron chi connectivity index (χ0n) is 22.1. The highest BCUT2D eigenvalue weighted by Crippen LogP contribution is 2.58. The lowest BCUT2D eigenvalue weighted by Gasteiger charge is -2.25. The summed E-state index contributed by atoms with van der Waals surface area (Å²) in [5.74, 6) is 4.20. The maximum atomic E-state index is 6.02. The molecule has 4 heteroatoms. The molecule has 2 atom stereocenters. The van der Waals surface area contributed by atoms with Crippen molar-refractivity contribution in [2.24, 2.45) is 5.92 Å². The quantitative estimate of drug-likeness (QED) is 0.232. The van der Waals surface area contributed by atoms with E-state index in [1.54, 1.807) is 0 Å². The van der Waals surface area contributed by atoms with E-state index in [4.69, 9.17) is 18.9 Å². The monoisotopic (exact) mass is 522 g/mol. The summed E-state index contributed by atoms with van der Waals surface area (Å²) < 4.78 is 23.6. The van der Waals surface area contributed by atoms with Crippen LogP contribution in [0.4, 0.5) is 0 Å². The molecular weight excluding hydrogens is 496 g/mol. The van der Waals surface area contributed by atoms with E-state index in [2.05, 4.69) is 97.9 Å². The molecular formula is C36H26O4. The molecule has 0 aromatic heterocycles. The summed E-state index contributed by atoms with van der Waals surface area (Å²) in [7, 11) is 0. The molecule has 4 nitrogen and oxygen atoms in total. The lowest BCUT2D eigenvalue weighted by Crippen LogP contribution is -2.04. The molecule has 2 unspecified atom stereocenters. The van der Waals surface area contributed by atoms with Gasteiger partial charge in [-0.15, -0.1) is 0 Å². The van der Waals surface area contributed by atoms with E-state index in [0.717, 1.165) is 35.0 Å². The lowest BCUT2D eigenvalue weighted by atomic mass is 9.79. The van der Waals surface area contributed by atoms with Crippen molar-refractivity contribution in [3.8, 4) is 56.4 Å². The van der Waals surface area contributed by atoms with Gasteiger partial charge in [-0.1, -0.05) is 73.2 Å². The number of hydrogen-bond donors (Lipinski definition) is 0. The predicted octanol–water partition coefficient (Wildman–Crippen LogP) is 8.82. The second-order valence-corrected chi connectivity index (χ2v) is 11.2. The van der Waals surface area contributed by atoms with Crippen LogP contribution in [0.2, 0.25) is 0 Å². The van der Waals surface area contributed by atoms with Crippen LogP contribution < -0.4 is 18.9 Å². The Morgan fingerprint density at radius 3 is 2.12 bits per heavy atom. The van der Waals surface area contributed by atoms with Crippen LogP contribution in [0.15, 0.2) is 90.5 Å². The molecule has 1 saturated carbocycles. The van der Waals surface area contributed by atoms with E-state index in [1.165, 1.54) is 55.3 Å². The lowest BCUT2D eigenvalue weighted by molar-refractivity contribution is 0.173. The number of rotatable bonds is 2.